The molecule has 0 atom stereocenters. The van der Waals surface area contributed by atoms with Gasteiger partial charge < -0.3 is 5.32 Å². The molecule has 0 radical (unpaired) electrons. The van der Waals surface area contributed by atoms with E-state index in [1.807, 2.05) is 0 Å². The van der Waals surface area contributed by atoms with Crippen LogP contribution >= 0.6 is 0 Å². The normalized spacial score (nSPS) is 16.9. The molecule has 0 saturated heterocycles. The van der Waals surface area contributed by atoms with Gasteiger partial charge in [-0.05, 0) is 37.0 Å². The van der Waals surface area contributed by atoms with E-state index in [2.05, 4.69) is 51.8 Å². The van der Waals surface area contributed by atoms with Crippen molar-refractivity contribution < 1.29 is 0 Å². The van der Waals surface area contributed by atoms with E-state index in [1.165, 1.54) is 45.3 Å². The first-order chi connectivity index (χ1) is 8.92. The Morgan fingerprint density at radius 2 is 1.68 bits per heavy atom. The second-order valence-corrected chi connectivity index (χ2v) is 7.30. The Kier molecular flexibility index (Phi) is 6.82. The average Bonchev–Trinajstić information content (AvgIpc) is 3.17. The largest absolute Gasteiger partial charge is 0.314 e. The molecule has 1 aliphatic carbocycles. The minimum Gasteiger partial charge on any atom is -0.314 e. The maximum absolute atomic E-state index is 3.68. The van der Waals surface area contributed by atoms with E-state index in [4.69, 9.17) is 0 Å². The Hall–Kier alpha value is -0.0800. The first-order valence-electron chi connectivity index (χ1n) is 8.40. The lowest BCUT2D eigenvalue weighted by Gasteiger charge is -2.39. The highest BCUT2D eigenvalue weighted by Crippen LogP contribution is 2.34. The zero-order valence-corrected chi connectivity index (χ0v) is 14.1. The third-order valence-electron chi connectivity index (χ3n) is 4.59. The molecule has 0 aromatic carbocycles. The maximum atomic E-state index is 3.68. The molecule has 1 aliphatic rings. The maximum Gasteiger partial charge on any atom is 0.00967 e. The van der Waals surface area contributed by atoms with Crippen LogP contribution in [0.4, 0.5) is 0 Å². The van der Waals surface area contributed by atoms with Crippen LogP contribution in [0.3, 0.4) is 0 Å². The fourth-order valence-electron chi connectivity index (χ4n) is 2.88. The van der Waals surface area contributed by atoms with Gasteiger partial charge in [0, 0.05) is 31.7 Å². The second-order valence-electron chi connectivity index (χ2n) is 7.30. The van der Waals surface area contributed by atoms with E-state index in [0.717, 1.165) is 12.0 Å². The number of hydrogen-bond donors (Lipinski definition) is 1. The molecule has 19 heavy (non-hydrogen) atoms. The zero-order valence-electron chi connectivity index (χ0n) is 14.1. The van der Waals surface area contributed by atoms with Crippen molar-refractivity contribution in [1.29, 1.82) is 0 Å². The lowest BCUT2D eigenvalue weighted by Crippen LogP contribution is -2.46. The van der Waals surface area contributed by atoms with Crippen molar-refractivity contribution in [3.63, 3.8) is 0 Å². The quantitative estimate of drug-likeness (QED) is 0.646. The van der Waals surface area contributed by atoms with Gasteiger partial charge in [-0.3, -0.25) is 4.90 Å². The Labute approximate surface area is 121 Å². The van der Waals surface area contributed by atoms with Crippen LogP contribution in [0.1, 0.15) is 67.2 Å². The van der Waals surface area contributed by atoms with Crippen molar-refractivity contribution >= 4 is 0 Å². The number of rotatable bonds is 10. The molecular formula is C17H36N2. The van der Waals surface area contributed by atoms with Crippen molar-refractivity contribution in [2.24, 2.45) is 11.3 Å². The van der Waals surface area contributed by atoms with E-state index in [9.17, 15) is 0 Å². The van der Waals surface area contributed by atoms with E-state index in [1.54, 1.807) is 0 Å². The van der Waals surface area contributed by atoms with Gasteiger partial charge in [0.2, 0.25) is 0 Å². The SMILES string of the molecule is CCC(CC)(CNC(C)C)CN(CC(C)C)C1CC1. The molecule has 1 N–H and O–H groups in total. The minimum absolute atomic E-state index is 0.460. The summed E-state index contributed by atoms with van der Waals surface area (Å²) >= 11 is 0. The first-order valence-corrected chi connectivity index (χ1v) is 8.40. The van der Waals surface area contributed by atoms with Gasteiger partial charge in [0.25, 0.3) is 0 Å². The molecule has 0 aromatic rings. The Morgan fingerprint density at radius 1 is 1.11 bits per heavy atom. The highest BCUT2D eigenvalue weighted by molar-refractivity contribution is 4.91. The van der Waals surface area contributed by atoms with Crippen molar-refractivity contribution in [1.82, 2.24) is 10.2 Å². The molecule has 114 valence electrons. The Morgan fingerprint density at radius 3 is 2.05 bits per heavy atom. The van der Waals surface area contributed by atoms with Crippen LogP contribution < -0.4 is 5.32 Å². The second kappa shape index (κ2) is 7.64. The zero-order chi connectivity index (χ0) is 14.5. The highest BCUT2D eigenvalue weighted by Gasteiger charge is 2.35. The predicted octanol–water partition coefficient (Wildman–Crippen LogP) is 3.91. The molecule has 0 aliphatic heterocycles. The van der Waals surface area contributed by atoms with Crippen LogP contribution in [0.5, 0.6) is 0 Å². The molecule has 1 saturated carbocycles. The van der Waals surface area contributed by atoms with E-state index >= 15 is 0 Å². The number of nitrogens with one attached hydrogen (secondary N) is 1. The summed E-state index contributed by atoms with van der Waals surface area (Å²) in [5.74, 6) is 0.782. The molecule has 2 nitrogen and oxygen atoms in total. The Balaban J connectivity index is 2.62. The van der Waals surface area contributed by atoms with Gasteiger partial charge in [-0.15, -0.1) is 0 Å². The van der Waals surface area contributed by atoms with Gasteiger partial charge in [-0.2, -0.15) is 0 Å². The average molecular weight is 268 g/mol. The van der Waals surface area contributed by atoms with Crippen molar-refractivity contribution in [2.75, 3.05) is 19.6 Å². The third-order valence-corrected chi connectivity index (χ3v) is 4.59. The standard InChI is InChI=1S/C17H36N2/c1-7-17(8-2,12-18-15(5)6)13-19(11-14(3)4)16-9-10-16/h14-16,18H,7-13H2,1-6H3. The van der Waals surface area contributed by atoms with E-state index in [0.29, 0.717) is 11.5 Å². The van der Waals surface area contributed by atoms with Crippen molar-refractivity contribution in [2.45, 2.75) is 79.3 Å². The first kappa shape index (κ1) is 17.0. The van der Waals surface area contributed by atoms with Gasteiger partial charge >= 0.3 is 0 Å². The topological polar surface area (TPSA) is 15.3 Å². The molecule has 1 fully saturated rings. The summed E-state index contributed by atoms with van der Waals surface area (Å²) in [5.41, 5.74) is 0.460. The fourth-order valence-corrected chi connectivity index (χ4v) is 2.88. The number of nitrogens with zero attached hydrogens (tertiary/aromatic N) is 1. The molecule has 0 heterocycles. The molecule has 2 heteroatoms. The lowest BCUT2D eigenvalue weighted by atomic mass is 9.81. The summed E-state index contributed by atoms with van der Waals surface area (Å²) in [6.45, 7) is 17.7. The van der Waals surface area contributed by atoms with E-state index in [-0.39, 0.29) is 0 Å². The molecule has 0 spiro atoms. The summed E-state index contributed by atoms with van der Waals surface area (Å²) in [5, 5.41) is 3.68. The number of hydrogen-bond acceptors (Lipinski definition) is 2. The van der Waals surface area contributed by atoms with Crippen LogP contribution in [0.15, 0.2) is 0 Å². The van der Waals surface area contributed by atoms with Crippen LogP contribution in [-0.4, -0.2) is 36.6 Å². The smallest absolute Gasteiger partial charge is 0.00967 e. The van der Waals surface area contributed by atoms with Gasteiger partial charge in [-0.25, -0.2) is 0 Å². The summed E-state index contributed by atoms with van der Waals surface area (Å²) in [6.07, 6.45) is 5.41. The van der Waals surface area contributed by atoms with E-state index < -0.39 is 0 Å². The van der Waals surface area contributed by atoms with Crippen LogP contribution in [-0.2, 0) is 0 Å². The summed E-state index contributed by atoms with van der Waals surface area (Å²) in [6, 6.07) is 1.48. The summed E-state index contributed by atoms with van der Waals surface area (Å²) in [4.78, 5) is 2.78. The van der Waals surface area contributed by atoms with Gasteiger partial charge in [-0.1, -0.05) is 41.5 Å². The highest BCUT2D eigenvalue weighted by atomic mass is 15.2. The van der Waals surface area contributed by atoms with Gasteiger partial charge in [0.1, 0.15) is 0 Å². The molecular weight excluding hydrogens is 232 g/mol. The fraction of sp³-hybridized carbons (Fsp3) is 1.00. The van der Waals surface area contributed by atoms with Crippen LogP contribution in [0, 0.1) is 11.3 Å². The molecule has 0 bridgehead atoms. The minimum atomic E-state index is 0.460. The van der Waals surface area contributed by atoms with Crippen molar-refractivity contribution in [3.8, 4) is 0 Å². The van der Waals surface area contributed by atoms with Crippen LogP contribution in [0.2, 0.25) is 0 Å². The predicted molar refractivity (Wildman–Crippen MR) is 85.6 cm³/mol. The molecule has 0 aromatic heterocycles. The third kappa shape index (κ3) is 5.83. The van der Waals surface area contributed by atoms with Gasteiger partial charge in [0.15, 0.2) is 0 Å². The monoisotopic (exact) mass is 268 g/mol. The summed E-state index contributed by atoms with van der Waals surface area (Å²) in [7, 11) is 0. The lowest BCUT2D eigenvalue weighted by molar-refractivity contribution is 0.115. The molecule has 0 amide bonds. The molecule has 1 rings (SSSR count). The van der Waals surface area contributed by atoms with Gasteiger partial charge in [0.05, 0.1) is 0 Å². The summed E-state index contributed by atoms with van der Waals surface area (Å²) < 4.78 is 0. The van der Waals surface area contributed by atoms with Crippen LogP contribution in [0.25, 0.3) is 0 Å². The Bertz CT molecular complexity index is 240. The van der Waals surface area contributed by atoms with Crippen molar-refractivity contribution in [3.05, 3.63) is 0 Å². The molecule has 0 unspecified atom stereocenters.